The molecule has 1 amide bonds. The van der Waals surface area contributed by atoms with Crippen LogP contribution in [0.4, 0.5) is 0 Å². The lowest BCUT2D eigenvalue weighted by Gasteiger charge is -2.34. The summed E-state index contributed by atoms with van der Waals surface area (Å²) < 4.78 is 10.5. The Morgan fingerprint density at radius 3 is 2.76 bits per heavy atom. The summed E-state index contributed by atoms with van der Waals surface area (Å²) in [5.74, 6) is 0.368. The van der Waals surface area contributed by atoms with Gasteiger partial charge in [0.25, 0.3) is 0 Å². The average molecular weight is 293 g/mol. The largest absolute Gasteiger partial charge is 0.480 e. The molecule has 0 spiro atoms. The molecule has 1 heterocycles. The van der Waals surface area contributed by atoms with Crippen molar-refractivity contribution in [3.8, 4) is 11.5 Å². The van der Waals surface area contributed by atoms with Gasteiger partial charge in [-0.05, 0) is 44.4 Å². The first kappa shape index (κ1) is 15.2. The predicted octanol–water partition coefficient (Wildman–Crippen LogP) is 1.67. The van der Waals surface area contributed by atoms with Crippen molar-refractivity contribution in [2.75, 3.05) is 13.3 Å². The highest BCUT2D eigenvalue weighted by atomic mass is 16.7. The van der Waals surface area contributed by atoms with E-state index in [0.717, 1.165) is 5.56 Å². The van der Waals surface area contributed by atoms with Gasteiger partial charge in [0.15, 0.2) is 11.5 Å². The molecule has 0 radical (unpaired) electrons. The Morgan fingerprint density at radius 2 is 2.14 bits per heavy atom. The maximum Gasteiger partial charge on any atom is 0.329 e. The number of carboxylic acids is 1. The van der Waals surface area contributed by atoms with Gasteiger partial charge in [-0.25, -0.2) is 4.79 Å². The maximum atomic E-state index is 11.5. The number of hydrogen-bond donors (Lipinski definition) is 1. The molecule has 0 fully saturated rings. The van der Waals surface area contributed by atoms with E-state index in [1.54, 1.807) is 13.8 Å². The number of fused-ring (bicyclic) bond motifs is 1. The maximum absolute atomic E-state index is 11.5. The number of ether oxygens (including phenoxy) is 2. The monoisotopic (exact) mass is 293 g/mol. The molecule has 1 aliphatic rings. The fourth-order valence-electron chi connectivity index (χ4n) is 2.40. The van der Waals surface area contributed by atoms with Crippen LogP contribution in [0.15, 0.2) is 18.2 Å². The molecule has 1 aliphatic heterocycles. The third kappa shape index (κ3) is 2.94. The number of carboxylic acid groups (broad SMARTS) is 1. The smallest absolute Gasteiger partial charge is 0.329 e. The molecule has 0 aliphatic carbocycles. The minimum absolute atomic E-state index is 0.209. The summed E-state index contributed by atoms with van der Waals surface area (Å²) in [6.07, 6.45) is 1.45. The van der Waals surface area contributed by atoms with Crippen molar-refractivity contribution >= 4 is 12.4 Å². The molecule has 1 N–H and O–H groups in total. The Kier molecular flexibility index (Phi) is 4.35. The zero-order chi connectivity index (χ0) is 15.5. The summed E-state index contributed by atoms with van der Waals surface area (Å²) in [4.78, 5) is 23.9. The molecule has 2 rings (SSSR count). The Bertz CT molecular complexity index is 545. The van der Waals surface area contributed by atoms with Crippen LogP contribution in [-0.4, -0.2) is 41.3 Å². The summed E-state index contributed by atoms with van der Waals surface area (Å²) in [6, 6.07) is 5.54. The van der Waals surface area contributed by atoms with Crippen LogP contribution >= 0.6 is 0 Å². The van der Waals surface area contributed by atoms with E-state index in [1.165, 1.54) is 4.90 Å². The number of amides is 1. The molecule has 0 aromatic heterocycles. The summed E-state index contributed by atoms with van der Waals surface area (Å²) in [5.41, 5.74) is -0.263. The van der Waals surface area contributed by atoms with Gasteiger partial charge in [0.2, 0.25) is 13.2 Å². The fourth-order valence-corrected chi connectivity index (χ4v) is 2.40. The van der Waals surface area contributed by atoms with Gasteiger partial charge in [-0.1, -0.05) is 6.07 Å². The van der Waals surface area contributed by atoms with E-state index in [2.05, 4.69) is 0 Å². The molecule has 0 bridgehead atoms. The van der Waals surface area contributed by atoms with Crippen molar-refractivity contribution < 1.29 is 24.2 Å². The Labute approximate surface area is 123 Å². The minimum Gasteiger partial charge on any atom is -0.480 e. The predicted molar refractivity (Wildman–Crippen MR) is 75.4 cm³/mol. The lowest BCUT2D eigenvalue weighted by molar-refractivity contribution is -0.154. The molecule has 1 atom stereocenters. The van der Waals surface area contributed by atoms with Crippen LogP contribution in [0.3, 0.4) is 0 Å². The molecule has 1 aromatic carbocycles. The molecular weight excluding hydrogens is 274 g/mol. The van der Waals surface area contributed by atoms with Crippen LogP contribution in [0.2, 0.25) is 0 Å². The van der Waals surface area contributed by atoms with Gasteiger partial charge in [-0.15, -0.1) is 0 Å². The van der Waals surface area contributed by atoms with Crippen molar-refractivity contribution in [2.24, 2.45) is 0 Å². The molecule has 1 aromatic rings. The normalized spacial score (nSPS) is 15.3. The van der Waals surface area contributed by atoms with Gasteiger partial charge in [0.05, 0.1) is 0 Å². The lowest BCUT2D eigenvalue weighted by atomic mass is 9.91. The van der Waals surface area contributed by atoms with Crippen LogP contribution in [-0.2, 0) is 16.0 Å². The number of aryl methyl sites for hydroxylation is 1. The summed E-state index contributed by atoms with van der Waals surface area (Å²) in [6.45, 7) is 3.89. The van der Waals surface area contributed by atoms with Crippen LogP contribution < -0.4 is 9.47 Å². The van der Waals surface area contributed by atoms with Crippen LogP contribution in [0.5, 0.6) is 11.5 Å². The molecule has 114 valence electrons. The SMILES string of the molecule is CCN(C=O)C(C)(CCc1ccc2c(c1)OCO2)C(=O)O. The number of nitrogens with zero attached hydrogens (tertiary/aromatic N) is 1. The first-order valence-corrected chi connectivity index (χ1v) is 6.85. The van der Waals surface area contributed by atoms with Gasteiger partial charge in [-0.2, -0.15) is 0 Å². The molecule has 1 unspecified atom stereocenters. The van der Waals surface area contributed by atoms with E-state index in [4.69, 9.17) is 9.47 Å². The second-order valence-electron chi connectivity index (χ2n) is 5.16. The number of rotatable bonds is 7. The third-order valence-corrected chi connectivity index (χ3v) is 3.90. The quantitative estimate of drug-likeness (QED) is 0.774. The summed E-state index contributed by atoms with van der Waals surface area (Å²) >= 11 is 0. The topological polar surface area (TPSA) is 76.1 Å². The molecule has 0 saturated heterocycles. The molecule has 21 heavy (non-hydrogen) atoms. The number of hydrogen-bond acceptors (Lipinski definition) is 4. The van der Waals surface area contributed by atoms with Gasteiger partial charge < -0.3 is 19.5 Å². The highest BCUT2D eigenvalue weighted by Crippen LogP contribution is 2.33. The van der Waals surface area contributed by atoms with Crippen molar-refractivity contribution in [2.45, 2.75) is 32.2 Å². The summed E-state index contributed by atoms with van der Waals surface area (Å²) in [5, 5.41) is 9.45. The van der Waals surface area contributed by atoms with E-state index in [1.807, 2.05) is 18.2 Å². The zero-order valence-corrected chi connectivity index (χ0v) is 12.2. The Hall–Kier alpha value is -2.24. The second kappa shape index (κ2) is 6.03. The first-order chi connectivity index (χ1) is 10.0. The molecule has 6 heteroatoms. The minimum atomic E-state index is -1.22. The van der Waals surface area contributed by atoms with Crippen molar-refractivity contribution in [1.82, 2.24) is 4.90 Å². The fraction of sp³-hybridized carbons (Fsp3) is 0.467. The van der Waals surface area contributed by atoms with Gasteiger partial charge in [-0.3, -0.25) is 4.79 Å². The van der Waals surface area contributed by atoms with E-state index >= 15 is 0 Å². The average Bonchev–Trinajstić information content (AvgIpc) is 2.93. The molecule has 6 nitrogen and oxygen atoms in total. The van der Waals surface area contributed by atoms with Crippen LogP contribution in [0.25, 0.3) is 0 Å². The number of carbonyl (C=O) groups is 2. The van der Waals surface area contributed by atoms with Crippen LogP contribution in [0.1, 0.15) is 25.8 Å². The number of benzene rings is 1. The van der Waals surface area contributed by atoms with Gasteiger partial charge in [0.1, 0.15) is 5.54 Å². The van der Waals surface area contributed by atoms with Crippen LogP contribution in [0, 0.1) is 0 Å². The Balaban J connectivity index is 2.12. The van der Waals surface area contributed by atoms with E-state index < -0.39 is 11.5 Å². The second-order valence-corrected chi connectivity index (χ2v) is 5.16. The van der Waals surface area contributed by atoms with Crippen molar-refractivity contribution in [3.63, 3.8) is 0 Å². The summed E-state index contributed by atoms with van der Waals surface area (Å²) in [7, 11) is 0. The van der Waals surface area contributed by atoms with E-state index in [9.17, 15) is 14.7 Å². The highest BCUT2D eigenvalue weighted by molar-refractivity contribution is 5.81. The molecular formula is C15H19NO5. The molecule has 0 saturated carbocycles. The highest BCUT2D eigenvalue weighted by Gasteiger charge is 2.38. The van der Waals surface area contributed by atoms with Crippen molar-refractivity contribution in [3.05, 3.63) is 23.8 Å². The number of carbonyl (C=O) groups excluding carboxylic acids is 1. The first-order valence-electron chi connectivity index (χ1n) is 6.85. The number of likely N-dealkylation sites (N-methyl/N-ethyl adjacent to an activating group) is 1. The van der Waals surface area contributed by atoms with Crippen molar-refractivity contribution in [1.29, 1.82) is 0 Å². The van der Waals surface area contributed by atoms with E-state index in [0.29, 0.717) is 37.3 Å². The standard InChI is InChI=1S/C15H19NO5/c1-3-16(9-17)15(2,14(18)19)7-6-11-4-5-12-13(8-11)21-10-20-12/h4-5,8-9H,3,6-7,10H2,1-2H3,(H,18,19). The number of aliphatic carboxylic acids is 1. The third-order valence-electron chi connectivity index (χ3n) is 3.90. The van der Waals surface area contributed by atoms with E-state index in [-0.39, 0.29) is 6.79 Å². The Morgan fingerprint density at radius 1 is 1.43 bits per heavy atom. The van der Waals surface area contributed by atoms with Gasteiger partial charge >= 0.3 is 5.97 Å². The lowest BCUT2D eigenvalue weighted by Crippen LogP contribution is -2.52. The zero-order valence-electron chi connectivity index (χ0n) is 12.2. The van der Waals surface area contributed by atoms with Gasteiger partial charge in [0, 0.05) is 6.54 Å².